The van der Waals surface area contributed by atoms with E-state index < -0.39 is 0 Å². The Morgan fingerprint density at radius 3 is 1.55 bits per heavy atom. The summed E-state index contributed by atoms with van der Waals surface area (Å²) >= 11 is 0. The van der Waals surface area contributed by atoms with Gasteiger partial charge in [-0.2, -0.15) is 0 Å². The molecule has 9 rings (SSSR count). The zero-order valence-electron chi connectivity index (χ0n) is 27.5. The van der Waals surface area contributed by atoms with Crippen molar-refractivity contribution < 1.29 is 4.74 Å². The smallest absolute Gasteiger partial charge is 0.164 e. The molecule has 0 saturated carbocycles. The second-order valence-electron chi connectivity index (χ2n) is 12.3. The maximum absolute atomic E-state index is 6.76. The van der Waals surface area contributed by atoms with Crippen LogP contribution >= 0.6 is 0 Å². The van der Waals surface area contributed by atoms with Gasteiger partial charge in [-0.1, -0.05) is 146 Å². The van der Waals surface area contributed by atoms with Gasteiger partial charge in [0, 0.05) is 40.2 Å². The first-order valence-electron chi connectivity index (χ1n) is 16.9. The lowest BCUT2D eigenvalue weighted by molar-refractivity contribution is 0.486. The molecule has 0 spiro atoms. The van der Waals surface area contributed by atoms with E-state index >= 15 is 0 Å². The Morgan fingerprint density at radius 2 is 0.863 bits per heavy atom. The zero-order chi connectivity index (χ0) is 34.0. The lowest BCUT2D eigenvalue weighted by Crippen LogP contribution is -2.00. The highest BCUT2D eigenvalue weighted by Gasteiger charge is 2.18. The average molecular weight is 655 g/mol. The standard InChI is InChI=1S/C46H30N4O/c1-2-12-34(13-3-1)44-48-45(35-25-20-31(21-26-35)37-14-10-28-47-30-37)50-46(49-44)36-27-24-33-23-22-32-11-4-5-15-38(32)39-16-6-8-18-42(39)51-43-19-9-7-17-40(43)41(33)29-36/h1-30H. The fourth-order valence-electron chi connectivity index (χ4n) is 6.51. The molecule has 8 aromatic rings. The van der Waals surface area contributed by atoms with Crippen LogP contribution in [0.4, 0.5) is 0 Å². The molecule has 240 valence electrons. The Bertz CT molecular complexity index is 2550. The first-order chi connectivity index (χ1) is 25.3. The topological polar surface area (TPSA) is 60.8 Å². The normalized spacial score (nSPS) is 11.6. The van der Waals surface area contributed by atoms with E-state index in [9.17, 15) is 0 Å². The molecular weight excluding hydrogens is 625 g/mol. The summed E-state index contributed by atoms with van der Waals surface area (Å²) in [6.45, 7) is 0. The first-order valence-corrected chi connectivity index (χ1v) is 16.9. The largest absolute Gasteiger partial charge is 0.456 e. The minimum Gasteiger partial charge on any atom is -0.456 e. The van der Waals surface area contributed by atoms with Gasteiger partial charge in [0.2, 0.25) is 0 Å². The number of aromatic nitrogens is 4. The number of pyridine rings is 1. The van der Waals surface area contributed by atoms with E-state index in [1.165, 1.54) is 0 Å². The van der Waals surface area contributed by atoms with E-state index in [2.05, 4.69) is 108 Å². The van der Waals surface area contributed by atoms with Crippen molar-refractivity contribution in [1.82, 2.24) is 19.9 Å². The van der Waals surface area contributed by atoms with Crippen LogP contribution in [0.3, 0.4) is 0 Å². The van der Waals surface area contributed by atoms with Gasteiger partial charge >= 0.3 is 0 Å². The molecule has 0 fully saturated rings. The third kappa shape index (κ3) is 5.98. The number of ether oxygens (including phenoxy) is 1. The second-order valence-corrected chi connectivity index (χ2v) is 12.3. The van der Waals surface area contributed by atoms with Gasteiger partial charge in [0.15, 0.2) is 17.5 Å². The third-order valence-electron chi connectivity index (χ3n) is 9.09. The predicted octanol–water partition coefficient (Wildman–Crippen LogP) is 11.5. The molecule has 0 aliphatic carbocycles. The van der Waals surface area contributed by atoms with Gasteiger partial charge in [-0.15, -0.1) is 0 Å². The van der Waals surface area contributed by atoms with Gasteiger partial charge in [-0.25, -0.2) is 15.0 Å². The summed E-state index contributed by atoms with van der Waals surface area (Å²) in [5.74, 6) is 3.37. The SMILES string of the molecule is C1=Cc2ccc(-c3nc(-c4ccccc4)nc(-c4ccc(-c5cccnc5)cc4)n3)cc2-c2ccccc2Oc2ccccc2-c2ccccc21. The Kier molecular flexibility index (Phi) is 7.76. The van der Waals surface area contributed by atoms with Gasteiger partial charge in [-0.3, -0.25) is 4.98 Å². The lowest BCUT2D eigenvalue weighted by Gasteiger charge is -2.16. The Hall–Kier alpha value is -6.98. The van der Waals surface area contributed by atoms with Crippen LogP contribution in [0, 0.1) is 0 Å². The lowest BCUT2D eigenvalue weighted by atomic mass is 9.94. The van der Waals surface area contributed by atoms with Gasteiger partial charge in [0.25, 0.3) is 0 Å². The maximum Gasteiger partial charge on any atom is 0.164 e. The number of hydrogen-bond acceptors (Lipinski definition) is 5. The van der Waals surface area contributed by atoms with Crippen molar-refractivity contribution in [2.45, 2.75) is 0 Å². The number of rotatable bonds is 4. The molecule has 0 amide bonds. The highest BCUT2D eigenvalue weighted by molar-refractivity contribution is 5.90. The molecule has 0 bridgehead atoms. The number of para-hydroxylation sites is 2. The molecule has 5 heteroatoms. The van der Waals surface area contributed by atoms with E-state index in [-0.39, 0.29) is 0 Å². The first kappa shape index (κ1) is 30.1. The number of benzene rings is 6. The molecule has 1 aliphatic rings. The van der Waals surface area contributed by atoms with E-state index in [1.807, 2.05) is 72.9 Å². The fourth-order valence-corrected chi connectivity index (χ4v) is 6.51. The molecule has 6 aromatic carbocycles. The summed E-state index contributed by atoms with van der Waals surface area (Å²) in [4.78, 5) is 19.4. The van der Waals surface area contributed by atoms with E-state index in [4.69, 9.17) is 19.7 Å². The molecular formula is C46H30N4O. The number of hydrogen-bond donors (Lipinski definition) is 0. The minimum atomic E-state index is 0.588. The van der Waals surface area contributed by atoms with Crippen LogP contribution in [0.5, 0.6) is 11.5 Å². The van der Waals surface area contributed by atoms with Crippen LogP contribution in [0.1, 0.15) is 11.1 Å². The van der Waals surface area contributed by atoms with Crippen molar-refractivity contribution >= 4 is 12.2 Å². The van der Waals surface area contributed by atoms with Crippen molar-refractivity contribution in [3.05, 3.63) is 181 Å². The summed E-state index contributed by atoms with van der Waals surface area (Å²) in [6.07, 6.45) is 8.01. The minimum absolute atomic E-state index is 0.588. The van der Waals surface area contributed by atoms with Crippen LogP contribution in [0.15, 0.2) is 170 Å². The molecule has 0 radical (unpaired) electrons. The van der Waals surface area contributed by atoms with Crippen molar-refractivity contribution in [1.29, 1.82) is 0 Å². The summed E-state index contributed by atoms with van der Waals surface area (Å²) < 4.78 is 6.76. The van der Waals surface area contributed by atoms with E-state index in [1.54, 1.807) is 6.20 Å². The monoisotopic (exact) mass is 654 g/mol. The molecule has 1 aliphatic heterocycles. The summed E-state index contributed by atoms with van der Waals surface area (Å²) in [6, 6.07) is 53.5. The van der Waals surface area contributed by atoms with Crippen LogP contribution in [0.25, 0.3) is 79.7 Å². The maximum atomic E-state index is 6.76. The molecule has 0 N–H and O–H groups in total. The van der Waals surface area contributed by atoms with E-state index in [0.29, 0.717) is 17.5 Å². The number of nitrogens with zero attached hydrogens (tertiary/aromatic N) is 4. The van der Waals surface area contributed by atoms with Crippen LogP contribution in [0.2, 0.25) is 0 Å². The highest BCUT2D eigenvalue weighted by Crippen LogP contribution is 2.42. The summed E-state index contributed by atoms with van der Waals surface area (Å²) in [5.41, 5.74) is 11.1. The van der Waals surface area contributed by atoms with E-state index in [0.717, 1.165) is 72.7 Å². The van der Waals surface area contributed by atoms with Gasteiger partial charge < -0.3 is 4.74 Å². The predicted molar refractivity (Wildman–Crippen MR) is 206 cm³/mol. The number of fused-ring (bicyclic) bond motifs is 6. The van der Waals surface area contributed by atoms with Crippen molar-refractivity contribution in [3.8, 4) is 79.0 Å². The molecule has 0 unspecified atom stereocenters. The van der Waals surface area contributed by atoms with Gasteiger partial charge in [-0.05, 0) is 57.6 Å². The summed E-state index contributed by atoms with van der Waals surface area (Å²) in [7, 11) is 0. The molecule has 51 heavy (non-hydrogen) atoms. The van der Waals surface area contributed by atoms with Crippen LogP contribution in [-0.4, -0.2) is 19.9 Å². The molecule has 5 nitrogen and oxygen atoms in total. The zero-order valence-corrected chi connectivity index (χ0v) is 27.5. The van der Waals surface area contributed by atoms with Crippen molar-refractivity contribution in [2.75, 3.05) is 0 Å². The fraction of sp³-hybridized carbons (Fsp3) is 0. The van der Waals surface area contributed by atoms with Crippen LogP contribution < -0.4 is 4.74 Å². The Labute approximate surface area is 296 Å². The van der Waals surface area contributed by atoms with Gasteiger partial charge in [0.05, 0.1) is 0 Å². The molecule has 0 atom stereocenters. The molecule has 3 heterocycles. The quantitative estimate of drug-likeness (QED) is 0.189. The van der Waals surface area contributed by atoms with Gasteiger partial charge in [0.1, 0.15) is 11.5 Å². The Morgan fingerprint density at radius 1 is 0.353 bits per heavy atom. The Balaban J connectivity index is 1.21. The van der Waals surface area contributed by atoms with Crippen molar-refractivity contribution in [2.24, 2.45) is 0 Å². The second kappa shape index (κ2) is 13.1. The third-order valence-corrected chi connectivity index (χ3v) is 9.09. The van der Waals surface area contributed by atoms with Crippen molar-refractivity contribution in [3.63, 3.8) is 0 Å². The average Bonchev–Trinajstić information content (AvgIpc) is 3.23. The summed E-state index contributed by atoms with van der Waals surface area (Å²) in [5, 5.41) is 0. The molecule has 0 saturated heterocycles. The molecule has 2 aromatic heterocycles. The highest BCUT2D eigenvalue weighted by atomic mass is 16.5. The van der Waals surface area contributed by atoms with Crippen LogP contribution in [-0.2, 0) is 0 Å².